The number of aliphatic hydroxyl groups is 1. The van der Waals surface area contributed by atoms with Crippen molar-refractivity contribution in [2.75, 3.05) is 5.32 Å². The van der Waals surface area contributed by atoms with Crippen molar-refractivity contribution in [3.8, 4) is 17.6 Å². The number of aromatic nitrogens is 2. The molecule has 0 amide bonds. The minimum absolute atomic E-state index is 0.0370. The van der Waals surface area contributed by atoms with Gasteiger partial charge in [-0.2, -0.15) is 10.4 Å². The smallest absolute Gasteiger partial charge is 0.161 e. The minimum atomic E-state index is -0.0418. The summed E-state index contributed by atoms with van der Waals surface area (Å²) < 4.78 is 7.44. The fourth-order valence-corrected chi connectivity index (χ4v) is 4.04. The maximum atomic E-state index is 11.9. The first-order valence-electron chi connectivity index (χ1n) is 12.6. The van der Waals surface area contributed by atoms with Crippen LogP contribution in [-0.2, 0) is 0 Å². The van der Waals surface area contributed by atoms with E-state index in [1.165, 1.54) is 13.1 Å². The number of ketones is 1. The van der Waals surface area contributed by atoms with E-state index >= 15 is 0 Å². The predicted octanol–water partition coefficient (Wildman–Crippen LogP) is 7.20. The molecule has 7 nitrogen and oxygen atoms in total. The maximum absolute atomic E-state index is 11.9. The van der Waals surface area contributed by atoms with Gasteiger partial charge in [0, 0.05) is 17.4 Å². The van der Waals surface area contributed by atoms with E-state index in [1.54, 1.807) is 10.7 Å². The number of anilines is 2. The van der Waals surface area contributed by atoms with Crippen molar-refractivity contribution in [2.24, 2.45) is 0 Å². The van der Waals surface area contributed by atoms with Crippen LogP contribution >= 0.6 is 0 Å². The highest BCUT2D eigenvalue weighted by Crippen LogP contribution is 2.31. The number of hydrogen-bond acceptors (Lipinski definition) is 6. The summed E-state index contributed by atoms with van der Waals surface area (Å²) in [6.45, 7) is 7.57. The Morgan fingerprint density at radius 2 is 1.70 bits per heavy atom. The number of carbonyl (C=O) groups excluding carboxylic acids is 1. The van der Waals surface area contributed by atoms with E-state index in [9.17, 15) is 10.1 Å². The molecule has 0 saturated carbocycles. The SMILES string of the molecule is CC(=O)c1cn2ncc(C#N)c(Nc3ccc(Oc4ccccc4)cc3)c2c1C.CCCC(O)CCC. The van der Waals surface area contributed by atoms with Crippen molar-refractivity contribution in [2.45, 2.75) is 59.5 Å². The molecule has 0 aliphatic heterocycles. The van der Waals surface area contributed by atoms with Crippen LogP contribution in [0.4, 0.5) is 11.4 Å². The van der Waals surface area contributed by atoms with Crippen molar-refractivity contribution < 1.29 is 14.6 Å². The summed E-state index contributed by atoms with van der Waals surface area (Å²) in [6, 6.07) is 19.2. The molecule has 0 fully saturated rings. The van der Waals surface area contributed by atoms with E-state index < -0.39 is 0 Å². The molecule has 0 aliphatic rings. The van der Waals surface area contributed by atoms with E-state index in [0.717, 1.165) is 42.7 Å². The van der Waals surface area contributed by atoms with Gasteiger partial charge in [0.25, 0.3) is 0 Å². The number of Topliss-reactive ketones (excluding diaryl/α,β-unsaturated/α-hetero) is 1. The second-order valence-corrected chi connectivity index (χ2v) is 8.86. The Hall–Kier alpha value is -4.15. The van der Waals surface area contributed by atoms with E-state index in [-0.39, 0.29) is 11.9 Å². The van der Waals surface area contributed by atoms with Crippen molar-refractivity contribution in [1.82, 2.24) is 9.61 Å². The van der Waals surface area contributed by atoms with Gasteiger partial charge in [-0.1, -0.05) is 44.9 Å². The Morgan fingerprint density at radius 3 is 2.27 bits per heavy atom. The molecule has 2 N–H and O–H groups in total. The highest BCUT2D eigenvalue weighted by Gasteiger charge is 2.17. The van der Waals surface area contributed by atoms with Crippen molar-refractivity contribution in [3.63, 3.8) is 0 Å². The van der Waals surface area contributed by atoms with Crippen molar-refractivity contribution in [3.05, 3.63) is 83.7 Å². The zero-order valence-corrected chi connectivity index (χ0v) is 21.9. The Balaban J connectivity index is 0.000000414. The third-order valence-electron chi connectivity index (χ3n) is 5.90. The standard InChI is InChI=1S/C23H18N4O2.C7H16O/c1-15-21(16(2)28)14-27-23(15)22(17(12-24)13-25-27)26-18-8-10-20(11-9-18)29-19-6-4-3-5-7-19;1-3-5-7(8)6-4-2/h3-11,13-14,26H,1-2H3;7-8H,3-6H2,1-2H3. The number of ether oxygens (including phenoxy) is 1. The lowest BCUT2D eigenvalue weighted by molar-refractivity contribution is 0.101. The molecule has 0 radical (unpaired) electrons. The van der Waals surface area contributed by atoms with Gasteiger partial charge < -0.3 is 15.2 Å². The third-order valence-corrected chi connectivity index (χ3v) is 5.90. The molecule has 0 bridgehead atoms. The topological polar surface area (TPSA) is 99.7 Å². The van der Waals surface area contributed by atoms with Gasteiger partial charge in [0.2, 0.25) is 0 Å². The number of carbonyl (C=O) groups is 1. The fraction of sp³-hybridized carbons (Fsp3) is 0.300. The Bertz CT molecular complexity index is 1350. The van der Waals surface area contributed by atoms with Crippen LogP contribution in [0.1, 0.15) is 67.9 Å². The average Bonchev–Trinajstić information content (AvgIpc) is 3.24. The number of nitrogens with zero attached hydrogens (tertiary/aromatic N) is 3. The van der Waals surface area contributed by atoms with Crippen LogP contribution in [0.3, 0.4) is 0 Å². The van der Waals surface area contributed by atoms with Gasteiger partial charge in [0.05, 0.1) is 29.1 Å². The van der Waals surface area contributed by atoms with Gasteiger partial charge in [-0.25, -0.2) is 4.52 Å². The number of benzene rings is 2. The van der Waals surface area contributed by atoms with Crippen molar-refractivity contribution in [1.29, 1.82) is 5.26 Å². The predicted molar refractivity (Wildman–Crippen MR) is 147 cm³/mol. The Labute approximate surface area is 218 Å². The second kappa shape index (κ2) is 13.2. The molecule has 192 valence electrons. The van der Waals surface area contributed by atoms with Gasteiger partial charge >= 0.3 is 0 Å². The number of nitrogens with one attached hydrogen (secondary N) is 1. The third kappa shape index (κ3) is 7.18. The van der Waals surface area contributed by atoms with Crippen LogP contribution in [0, 0.1) is 18.3 Å². The largest absolute Gasteiger partial charge is 0.457 e. The van der Waals surface area contributed by atoms with Gasteiger partial charge in [0.15, 0.2) is 5.78 Å². The number of nitriles is 1. The molecule has 0 spiro atoms. The lowest BCUT2D eigenvalue weighted by Crippen LogP contribution is -2.03. The summed E-state index contributed by atoms with van der Waals surface area (Å²) in [6.07, 6.45) is 7.27. The zero-order valence-electron chi connectivity index (χ0n) is 21.9. The van der Waals surface area contributed by atoms with Crippen LogP contribution in [0.25, 0.3) is 5.52 Å². The molecular weight excluding hydrogens is 464 g/mol. The highest BCUT2D eigenvalue weighted by atomic mass is 16.5. The van der Waals surface area contributed by atoms with Crippen LogP contribution < -0.4 is 10.1 Å². The number of aliphatic hydroxyl groups excluding tert-OH is 1. The van der Waals surface area contributed by atoms with Crippen LogP contribution in [0.2, 0.25) is 0 Å². The molecule has 0 aliphatic carbocycles. The lowest BCUT2D eigenvalue weighted by Gasteiger charge is -2.12. The van der Waals surface area contributed by atoms with E-state index in [4.69, 9.17) is 9.84 Å². The van der Waals surface area contributed by atoms with Crippen molar-refractivity contribution >= 4 is 22.7 Å². The molecule has 4 aromatic rings. The molecule has 4 rings (SSSR count). The summed E-state index contributed by atoms with van der Waals surface area (Å²) in [7, 11) is 0. The number of fused-ring (bicyclic) bond motifs is 1. The van der Waals surface area contributed by atoms with E-state index in [0.29, 0.717) is 28.1 Å². The average molecular weight is 499 g/mol. The molecule has 0 saturated heterocycles. The first-order valence-corrected chi connectivity index (χ1v) is 12.6. The fourth-order valence-electron chi connectivity index (χ4n) is 4.04. The van der Waals surface area contributed by atoms with Crippen LogP contribution in [-0.4, -0.2) is 26.6 Å². The summed E-state index contributed by atoms with van der Waals surface area (Å²) in [5.41, 5.74) is 3.89. The highest BCUT2D eigenvalue weighted by molar-refractivity contribution is 6.00. The molecular formula is C30H34N4O3. The Kier molecular flexibility index (Phi) is 9.82. The van der Waals surface area contributed by atoms with Gasteiger partial charge in [-0.15, -0.1) is 0 Å². The summed E-state index contributed by atoms with van der Waals surface area (Å²) in [4.78, 5) is 11.9. The summed E-state index contributed by atoms with van der Waals surface area (Å²) in [5.74, 6) is 1.43. The molecule has 2 aromatic heterocycles. The van der Waals surface area contributed by atoms with Gasteiger partial charge in [0.1, 0.15) is 17.6 Å². The molecule has 2 heterocycles. The summed E-state index contributed by atoms with van der Waals surface area (Å²) >= 11 is 0. The summed E-state index contributed by atoms with van der Waals surface area (Å²) in [5, 5.41) is 26.2. The number of aryl methyl sites for hydroxylation is 1. The first-order chi connectivity index (χ1) is 17.9. The number of hydrogen-bond donors (Lipinski definition) is 2. The molecule has 7 heteroatoms. The number of rotatable bonds is 9. The Morgan fingerprint density at radius 1 is 1.08 bits per heavy atom. The van der Waals surface area contributed by atoms with E-state index in [2.05, 4.69) is 30.3 Å². The number of para-hydroxylation sites is 1. The monoisotopic (exact) mass is 498 g/mol. The molecule has 0 atom stereocenters. The van der Waals surface area contributed by atoms with Gasteiger partial charge in [-0.3, -0.25) is 4.79 Å². The quantitative estimate of drug-likeness (QED) is 0.237. The molecule has 2 aromatic carbocycles. The van der Waals surface area contributed by atoms with Crippen LogP contribution in [0.5, 0.6) is 11.5 Å². The minimum Gasteiger partial charge on any atom is -0.457 e. The first kappa shape index (κ1) is 27.4. The van der Waals surface area contributed by atoms with E-state index in [1.807, 2.05) is 61.5 Å². The van der Waals surface area contributed by atoms with Crippen LogP contribution in [0.15, 0.2) is 67.0 Å². The normalized spacial score (nSPS) is 10.5. The lowest BCUT2D eigenvalue weighted by atomic mass is 10.1. The molecule has 0 unspecified atom stereocenters. The maximum Gasteiger partial charge on any atom is 0.161 e. The van der Waals surface area contributed by atoms with Gasteiger partial charge in [-0.05, 0) is 68.7 Å². The zero-order chi connectivity index (χ0) is 26.8. The molecule has 37 heavy (non-hydrogen) atoms. The second-order valence-electron chi connectivity index (χ2n) is 8.86.